The van der Waals surface area contributed by atoms with Gasteiger partial charge in [0.2, 0.25) is 5.69 Å². The van der Waals surface area contributed by atoms with E-state index in [1.54, 1.807) is 0 Å². The highest BCUT2D eigenvalue weighted by molar-refractivity contribution is 5.97. The summed E-state index contributed by atoms with van der Waals surface area (Å²) >= 11 is 0. The number of alkyl halides is 3. The molecule has 1 amide bonds. The molecule has 0 bridgehead atoms. The summed E-state index contributed by atoms with van der Waals surface area (Å²) in [5.74, 6) is -2.16. The number of quaternary nitrogens is 1. The van der Waals surface area contributed by atoms with Gasteiger partial charge in [-0.15, -0.1) is 0 Å². The van der Waals surface area contributed by atoms with Gasteiger partial charge in [-0.1, -0.05) is 18.9 Å². The molecular formula is C22H30F3N4O5+. The first-order chi connectivity index (χ1) is 16.0. The van der Waals surface area contributed by atoms with E-state index in [0.717, 1.165) is 63.1 Å². The third kappa shape index (κ3) is 6.24. The number of imidazole rings is 1. The van der Waals surface area contributed by atoms with Crippen molar-refractivity contribution in [1.29, 1.82) is 0 Å². The van der Waals surface area contributed by atoms with Crippen LogP contribution in [0.2, 0.25) is 0 Å². The Bertz CT molecular complexity index is 1000. The number of aliphatic hydroxyl groups is 2. The van der Waals surface area contributed by atoms with E-state index >= 15 is 0 Å². The molecule has 1 saturated carbocycles. The molecule has 3 heterocycles. The molecule has 0 radical (unpaired) electrons. The maximum absolute atomic E-state index is 12.9. The Morgan fingerprint density at radius 3 is 2.53 bits per heavy atom. The largest absolute Gasteiger partial charge is 0.542 e. The number of rotatable bonds is 6. The van der Waals surface area contributed by atoms with Gasteiger partial charge in [0, 0.05) is 18.4 Å². The molecule has 2 unspecified atom stereocenters. The number of fused-ring (bicyclic) bond motifs is 1. The first-order valence-corrected chi connectivity index (χ1v) is 11.2. The summed E-state index contributed by atoms with van der Waals surface area (Å²) in [6, 6.07) is 5.84. The minimum atomic E-state index is -5.19. The predicted octanol–water partition coefficient (Wildman–Crippen LogP) is -1.52. The minimum Gasteiger partial charge on any atom is -0.542 e. The molecule has 188 valence electrons. The van der Waals surface area contributed by atoms with Gasteiger partial charge in [-0.3, -0.25) is 4.79 Å². The quantitative estimate of drug-likeness (QED) is 0.316. The second kappa shape index (κ2) is 10.7. The molecule has 0 aromatic carbocycles. The van der Waals surface area contributed by atoms with Crippen molar-refractivity contribution in [2.45, 2.75) is 50.9 Å². The van der Waals surface area contributed by atoms with Crippen LogP contribution in [0.1, 0.15) is 48.4 Å². The number of halogens is 3. The minimum absolute atomic E-state index is 0.124. The van der Waals surface area contributed by atoms with Crippen LogP contribution < -0.4 is 19.7 Å². The highest BCUT2D eigenvalue weighted by Gasteiger charge is 2.35. The number of carboxylic acid groups (broad SMARTS) is 1. The molecule has 1 aliphatic heterocycles. The van der Waals surface area contributed by atoms with Crippen molar-refractivity contribution in [3.8, 4) is 0 Å². The lowest BCUT2D eigenvalue weighted by Crippen LogP contribution is -3.09. The number of aliphatic carboxylic acids is 1. The van der Waals surface area contributed by atoms with Crippen LogP contribution in [0.5, 0.6) is 0 Å². The third-order valence-corrected chi connectivity index (χ3v) is 6.53. The average molecular weight is 487 g/mol. The van der Waals surface area contributed by atoms with Crippen molar-refractivity contribution in [3.63, 3.8) is 0 Å². The Morgan fingerprint density at radius 1 is 1.29 bits per heavy atom. The summed E-state index contributed by atoms with van der Waals surface area (Å²) in [5.41, 5.74) is 1.26. The van der Waals surface area contributed by atoms with E-state index in [2.05, 4.69) is 10.3 Å². The number of nitrogens with one attached hydrogen (secondary N) is 3. The van der Waals surface area contributed by atoms with Crippen LogP contribution in [-0.4, -0.2) is 65.6 Å². The third-order valence-electron chi connectivity index (χ3n) is 6.53. The van der Waals surface area contributed by atoms with E-state index in [9.17, 15) is 28.2 Å². The second-order valence-electron chi connectivity index (χ2n) is 9.06. The maximum Gasteiger partial charge on any atom is 0.430 e. The number of carbonyl (C=O) groups excluding carboxylic acids is 2. The molecule has 5 N–H and O–H groups in total. The molecule has 4 rings (SSSR count). The van der Waals surface area contributed by atoms with E-state index in [0.29, 0.717) is 12.2 Å². The average Bonchev–Trinajstić information content (AvgIpc) is 3.52. The van der Waals surface area contributed by atoms with Crippen LogP contribution in [0, 0.1) is 5.41 Å². The molecule has 2 fully saturated rings. The van der Waals surface area contributed by atoms with Gasteiger partial charge >= 0.3 is 12.0 Å². The molecule has 0 spiro atoms. The molecular weight excluding hydrogens is 457 g/mol. The van der Waals surface area contributed by atoms with Crippen molar-refractivity contribution >= 4 is 17.4 Å². The molecule has 9 nitrogen and oxygen atoms in total. The fourth-order valence-corrected chi connectivity index (χ4v) is 4.63. The molecule has 2 aromatic heterocycles. The molecule has 1 aliphatic carbocycles. The van der Waals surface area contributed by atoms with Gasteiger partial charge in [-0.25, -0.2) is 4.98 Å². The number of pyridine rings is 1. The fraction of sp³-hybridized carbons (Fsp3) is 0.591. The molecule has 34 heavy (non-hydrogen) atoms. The van der Waals surface area contributed by atoms with Crippen molar-refractivity contribution in [2.75, 3.05) is 26.2 Å². The Labute approximate surface area is 194 Å². The lowest BCUT2D eigenvalue weighted by molar-refractivity contribution is -0.908. The number of aromatic amines is 1. The molecule has 12 heteroatoms. The lowest BCUT2D eigenvalue weighted by atomic mass is 9.87. The van der Waals surface area contributed by atoms with Crippen molar-refractivity contribution in [2.24, 2.45) is 5.41 Å². The van der Waals surface area contributed by atoms with E-state index in [1.807, 2.05) is 28.8 Å². The van der Waals surface area contributed by atoms with Crippen molar-refractivity contribution < 1.29 is 47.4 Å². The van der Waals surface area contributed by atoms with Gasteiger partial charge in [-0.2, -0.15) is 17.6 Å². The standard InChI is InChI=1S/C20H28N4O3.C2HF3O2/c25-14-20(7-2-3-8-20)13-21-19(27)18-16-5-1-4-9-24(16)17(22-18)12-23-10-6-15(26)11-23;3-2(4,5)1(6)7/h1,4-5,9,15,25-26H,2-3,6-8,10-14H2,(H,21,27);(H,6,7)/p+1. The fourth-order valence-electron chi connectivity index (χ4n) is 4.63. The van der Waals surface area contributed by atoms with Crippen molar-refractivity contribution in [3.05, 3.63) is 35.9 Å². The zero-order valence-electron chi connectivity index (χ0n) is 18.7. The van der Waals surface area contributed by atoms with Gasteiger partial charge in [0.25, 0.3) is 5.91 Å². The van der Waals surface area contributed by atoms with E-state index < -0.39 is 12.1 Å². The van der Waals surface area contributed by atoms with E-state index in [-0.39, 0.29) is 24.0 Å². The van der Waals surface area contributed by atoms with Crippen LogP contribution in [0.4, 0.5) is 13.2 Å². The first-order valence-electron chi connectivity index (χ1n) is 11.2. The zero-order valence-corrected chi connectivity index (χ0v) is 18.7. The predicted molar refractivity (Wildman–Crippen MR) is 110 cm³/mol. The number of likely N-dealkylation sites (tertiary alicyclic amines) is 1. The van der Waals surface area contributed by atoms with Gasteiger partial charge in [-0.05, 0) is 25.0 Å². The summed E-state index contributed by atoms with van der Waals surface area (Å²) in [4.78, 5) is 26.3. The number of nitrogens with zero attached hydrogens (tertiary/aromatic N) is 1. The van der Waals surface area contributed by atoms with E-state index in [4.69, 9.17) is 9.90 Å². The van der Waals surface area contributed by atoms with Gasteiger partial charge < -0.3 is 30.3 Å². The van der Waals surface area contributed by atoms with Crippen molar-refractivity contribution in [1.82, 2.24) is 10.3 Å². The Kier molecular flexibility index (Phi) is 8.16. The number of hydrogen-bond acceptors (Lipinski definition) is 5. The summed E-state index contributed by atoms with van der Waals surface area (Å²) in [6.45, 7) is 3.07. The number of carboxylic acids is 1. The van der Waals surface area contributed by atoms with Gasteiger partial charge in [0.05, 0.1) is 19.3 Å². The van der Waals surface area contributed by atoms with Gasteiger partial charge in [0.15, 0.2) is 12.1 Å². The zero-order chi connectivity index (χ0) is 24.9. The van der Waals surface area contributed by atoms with Crippen LogP contribution >= 0.6 is 0 Å². The molecule has 2 aromatic rings. The van der Waals surface area contributed by atoms with Crippen LogP contribution in [-0.2, 0) is 11.3 Å². The molecule has 2 aliphatic rings. The normalized spacial score (nSPS) is 21.8. The SMILES string of the molecule is O=C(NCC1(CO)CCCC1)c1[nH]c(C[NH+]2CCC(O)C2)[n+]2ccccc12.O=C([O-])C(F)(F)F. The van der Waals surface area contributed by atoms with Crippen LogP contribution in [0.25, 0.3) is 5.52 Å². The first kappa shape index (κ1) is 25.9. The van der Waals surface area contributed by atoms with Crippen LogP contribution in [0.15, 0.2) is 24.4 Å². The number of carbonyl (C=O) groups is 2. The number of hydrogen-bond donors (Lipinski definition) is 5. The number of aromatic nitrogens is 2. The highest BCUT2D eigenvalue weighted by atomic mass is 19.4. The summed E-state index contributed by atoms with van der Waals surface area (Å²) < 4.78 is 33.6. The number of H-pyrrole nitrogens is 1. The second-order valence-corrected chi connectivity index (χ2v) is 9.06. The summed E-state index contributed by atoms with van der Waals surface area (Å²) in [7, 11) is 0. The topological polar surface area (TPSA) is 134 Å². The number of amides is 1. The highest BCUT2D eigenvalue weighted by Crippen LogP contribution is 2.36. The Balaban J connectivity index is 0.000000406. The summed E-state index contributed by atoms with van der Waals surface area (Å²) in [6.07, 6.45) is 1.55. The number of aliphatic hydroxyl groups excluding tert-OH is 2. The van der Waals surface area contributed by atoms with Gasteiger partial charge in [0.1, 0.15) is 18.6 Å². The van der Waals surface area contributed by atoms with E-state index in [1.165, 1.54) is 4.90 Å². The smallest absolute Gasteiger partial charge is 0.430 e. The summed E-state index contributed by atoms with van der Waals surface area (Å²) in [5, 5.41) is 31.4. The molecule has 1 saturated heterocycles. The molecule has 2 atom stereocenters. The lowest BCUT2D eigenvalue weighted by Gasteiger charge is -2.26. The monoisotopic (exact) mass is 487 g/mol. The Morgan fingerprint density at radius 2 is 1.97 bits per heavy atom. The van der Waals surface area contributed by atoms with Crippen LogP contribution in [0.3, 0.4) is 0 Å². The Hall–Kier alpha value is -2.70. The maximum atomic E-state index is 12.9.